The molecule has 2 aromatic rings. The van der Waals surface area contributed by atoms with Gasteiger partial charge in [0.1, 0.15) is 0 Å². The van der Waals surface area contributed by atoms with Crippen LogP contribution in [0.25, 0.3) is 0 Å². The lowest BCUT2D eigenvalue weighted by atomic mass is 10.2. The standard InChI is InChI=1S/C14H19N5/c1-3-19(10-12-4-6-16-7-5-12)14-17-9-13(8-15)11(2)18-14/h4-7,9H,3,8,10,15H2,1-2H3. The quantitative estimate of drug-likeness (QED) is 0.882. The molecule has 0 bridgehead atoms. The van der Waals surface area contributed by atoms with Crippen LogP contribution in [0, 0.1) is 6.92 Å². The molecule has 0 aromatic carbocycles. The number of aromatic nitrogens is 3. The maximum atomic E-state index is 5.63. The van der Waals surface area contributed by atoms with Gasteiger partial charge in [-0.3, -0.25) is 4.98 Å². The number of pyridine rings is 1. The third kappa shape index (κ3) is 3.26. The van der Waals surface area contributed by atoms with Gasteiger partial charge in [-0.25, -0.2) is 9.97 Å². The van der Waals surface area contributed by atoms with Crippen molar-refractivity contribution in [3.05, 3.63) is 47.5 Å². The van der Waals surface area contributed by atoms with Crippen molar-refractivity contribution >= 4 is 5.95 Å². The molecular formula is C14H19N5. The first-order valence-electron chi connectivity index (χ1n) is 6.41. The zero-order valence-electron chi connectivity index (χ0n) is 11.4. The van der Waals surface area contributed by atoms with Crippen molar-refractivity contribution in [1.82, 2.24) is 15.0 Å². The van der Waals surface area contributed by atoms with Crippen molar-refractivity contribution in [3.8, 4) is 0 Å². The van der Waals surface area contributed by atoms with Crippen LogP contribution in [-0.2, 0) is 13.1 Å². The molecule has 2 rings (SSSR count). The Balaban J connectivity index is 2.20. The van der Waals surface area contributed by atoms with Gasteiger partial charge in [0.2, 0.25) is 5.95 Å². The topological polar surface area (TPSA) is 67.9 Å². The van der Waals surface area contributed by atoms with E-state index in [0.29, 0.717) is 6.54 Å². The Hall–Kier alpha value is -2.01. The van der Waals surface area contributed by atoms with E-state index in [4.69, 9.17) is 5.73 Å². The highest BCUT2D eigenvalue weighted by Gasteiger charge is 2.10. The fourth-order valence-corrected chi connectivity index (χ4v) is 1.87. The molecule has 5 heteroatoms. The van der Waals surface area contributed by atoms with Gasteiger partial charge in [0.15, 0.2) is 0 Å². The van der Waals surface area contributed by atoms with Gasteiger partial charge in [0, 0.05) is 49.5 Å². The van der Waals surface area contributed by atoms with Crippen LogP contribution in [-0.4, -0.2) is 21.5 Å². The molecule has 5 nitrogen and oxygen atoms in total. The summed E-state index contributed by atoms with van der Waals surface area (Å²) in [7, 11) is 0. The van der Waals surface area contributed by atoms with Crippen LogP contribution in [0.2, 0.25) is 0 Å². The van der Waals surface area contributed by atoms with Crippen LogP contribution in [0.3, 0.4) is 0 Å². The molecule has 2 heterocycles. The van der Waals surface area contributed by atoms with E-state index in [0.717, 1.165) is 30.3 Å². The summed E-state index contributed by atoms with van der Waals surface area (Å²) in [4.78, 5) is 15.1. The molecule has 0 aliphatic heterocycles. The molecule has 0 aliphatic carbocycles. The Morgan fingerprint density at radius 2 is 2.00 bits per heavy atom. The summed E-state index contributed by atoms with van der Waals surface area (Å²) in [5.41, 5.74) is 8.76. The Labute approximate surface area is 113 Å². The van der Waals surface area contributed by atoms with Gasteiger partial charge in [-0.1, -0.05) is 0 Å². The van der Waals surface area contributed by atoms with Gasteiger partial charge in [0.25, 0.3) is 0 Å². The molecule has 0 saturated heterocycles. The number of hydrogen-bond acceptors (Lipinski definition) is 5. The van der Waals surface area contributed by atoms with Gasteiger partial charge in [-0.2, -0.15) is 0 Å². The first-order valence-corrected chi connectivity index (χ1v) is 6.41. The second-order valence-corrected chi connectivity index (χ2v) is 4.35. The van der Waals surface area contributed by atoms with E-state index in [1.54, 1.807) is 12.4 Å². The summed E-state index contributed by atoms with van der Waals surface area (Å²) in [5.74, 6) is 0.744. The number of nitrogens with two attached hydrogens (primary N) is 1. The SMILES string of the molecule is CCN(Cc1ccncc1)c1ncc(CN)c(C)n1. The smallest absolute Gasteiger partial charge is 0.225 e. The first-order chi connectivity index (χ1) is 9.24. The minimum Gasteiger partial charge on any atom is -0.337 e. The van der Waals surface area contributed by atoms with Crippen LogP contribution in [0.15, 0.2) is 30.7 Å². The van der Waals surface area contributed by atoms with Gasteiger partial charge in [-0.15, -0.1) is 0 Å². The zero-order chi connectivity index (χ0) is 13.7. The van der Waals surface area contributed by atoms with Gasteiger partial charge >= 0.3 is 0 Å². The molecule has 0 radical (unpaired) electrons. The van der Waals surface area contributed by atoms with Gasteiger partial charge in [-0.05, 0) is 31.5 Å². The summed E-state index contributed by atoms with van der Waals surface area (Å²) >= 11 is 0. The molecule has 0 atom stereocenters. The Morgan fingerprint density at radius 3 is 2.58 bits per heavy atom. The van der Waals surface area contributed by atoms with Crippen LogP contribution >= 0.6 is 0 Å². The molecular weight excluding hydrogens is 238 g/mol. The fraction of sp³-hybridized carbons (Fsp3) is 0.357. The third-order valence-corrected chi connectivity index (χ3v) is 3.08. The maximum Gasteiger partial charge on any atom is 0.225 e. The predicted molar refractivity (Wildman–Crippen MR) is 75.6 cm³/mol. The van der Waals surface area contributed by atoms with Crippen LogP contribution in [0.1, 0.15) is 23.7 Å². The van der Waals surface area contributed by atoms with E-state index in [9.17, 15) is 0 Å². The number of aryl methyl sites for hydroxylation is 1. The largest absolute Gasteiger partial charge is 0.337 e. The fourth-order valence-electron chi connectivity index (χ4n) is 1.87. The average Bonchev–Trinajstić information content (AvgIpc) is 2.46. The van der Waals surface area contributed by atoms with Crippen molar-refractivity contribution in [1.29, 1.82) is 0 Å². The van der Waals surface area contributed by atoms with Crippen LogP contribution in [0.5, 0.6) is 0 Å². The predicted octanol–water partition coefficient (Wildman–Crippen LogP) is 1.67. The van der Waals surface area contributed by atoms with Crippen molar-refractivity contribution < 1.29 is 0 Å². The van der Waals surface area contributed by atoms with Crippen LogP contribution < -0.4 is 10.6 Å². The summed E-state index contributed by atoms with van der Waals surface area (Å²) in [6.07, 6.45) is 5.41. The molecule has 0 saturated carbocycles. The minimum absolute atomic E-state index is 0.475. The van der Waals surface area contributed by atoms with E-state index in [1.807, 2.05) is 25.3 Å². The van der Waals surface area contributed by atoms with Crippen molar-refractivity contribution in [2.24, 2.45) is 5.73 Å². The molecule has 0 unspecified atom stereocenters. The minimum atomic E-state index is 0.475. The average molecular weight is 257 g/mol. The normalized spacial score (nSPS) is 10.5. The second-order valence-electron chi connectivity index (χ2n) is 4.35. The highest BCUT2D eigenvalue weighted by Crippen LogP contribution is 2.13. The van der Waals surface area contributed by atoms with E-state index in [2.05, 4.69) is 26.8 Å². The lowest BCUT2D eigenvalue weighted by molar-refractivity contribution is 0.781. The lowest BCUT2D eigenvalue weighted by Gasteiger charge is -2.21. The highest BCUT2D eigenvalue weighted by molar-refractivity contribution is 5.34. The monoisotopic (exact) mass is 257 g/mol. The zero-order valence-corrected chi connectivity index (χ0v) is 11.4. The molecule has 0 spiro atoms. The second kappa shape index (κ2) is 6.24. The first kappa shape index (κ1) is 13.4. The maximum absolute atomic E-state index is 5.63. The molecule has 19 heavy (non-hydrogen) atoms. The van der Waals surface area contributed by atoms with E-state index in [1.165, 1.54) is 5.56 Å². The van der Waals surface area contributed by atoms with Crippen LogP contribution in [0.4, 0.5) is 5.95 Å². The van der Waals surface area contributed by atoms with Gasteiger partial charge < -0.3 is 10.6 Å². The molecule has 2 aromatic heterocycles. The van der Waals surface area contributed by atoms with Crippen molar-refractivity contribution in [3.63, 3.8) is 0 Å². The third-order valence-electron chi connectivity index (χ3n) is 3.08. The Kier molecular flexibility index (Phi) is 4.41. The lowest BCUT2D eigenvalue weighted by Crippen LogP contribution is -2.24. The molecule has 100 valence electrons. The number of anilines is 1. The van der Waals surface area contributed by atoms with Crippen molar-refractivity contribution in [2.75, 3.05) is 11.4 Å². The molecule has 0 fully saturated rings. The van der Waals surface area contributed by atoms with E-state index < -0.39 is 0 Å². The summed E-state index contributed by atoms with van der Waals surface area (Å²) in [6.45, 7) is 6.16. The number of hydrogen-bond donors (Lipinski definition) is 1. The number of nitrogens with zero attached hydrogens (tertiary/aromatic N) is 4. The summed E-state index contributed by atoms with van der Waals surface area (Å²) in [6, 6.07) is 4.01. The molecule has 2 N–H and O–H groups in total. The van der Waals surface area contributed by atoms with E-state index in [-0.39, 0.29) is 0 Å². The summed E-state index contributed by atoms with van der Waals surface area (Å²) < 4.78 is 0. The Morgan fingerprint density at radius 1 is 1.26 bits per heavy atom. The van der Waals surface area contributed by atoms with E-state index >= 15 is 0 Å². The summed E-state index contributed by atoms with van der Waals surface area (Å²) in [5, 5.41) is 0. The molecule has 0 amide bonds. The molecule has 0 aliphatic rings. The van der Waals surface area contributed by atoms with Gasteiger partial charge in [0.05, 0.1) is 0 Å². The number of rotatable bonds is 5. The van der Waals surface area contributed by atoms with Crippen molar-refractivity contribution in [2.45, 2.75) is 26.9 Å². The highest BCUT2D eigenvalue weighted by atomic mass is 15.2. The Bertz CT molecular complexity index is 527.